The van der Waals surface area contributed by atoms with Gasteiger partial charge in [0.25, 0.3) is 5.91 Å². The molecule has 128 valence electrons. The molecule has 2 amide bonds. The molecule has 0 bridgehead atoms. The van der Waals surface area contributed by atoms with Crippen molar-refractivity contribution in [2.75, 3.05) is 11.9 Å². The van der Waals surface area contributed by atoms with Gasteiger partial charge in [-0.15, -0.1) is 24.2 Å². The van der Waals surface area contributed by atoms with Crippen molar-refractivity contribution < 1.29 is 9.59 Å². The second-order valence-electron chi connectivity index (χ2n) is 5.51. The van der Waals surface area contributed by atoms with Crippen LogP contribution in [-0.2, 0) is 4.79 Å². The summed E-state index contributed by atoms with van der Waals surface area (Å²) in [5, 5.41) is 5.69. The van der Waals surface area contributed by atoms with Gasteiger partial charge in [0.15, 0.2) is 0 Å². The van der Waals surface area contributed by atoms with Crippen LogP contribution in [0, 0.1) is 0 Å². The molecule has 1 aromatic carbocycles. The molecule has 1 aliphatic rings. The number of hydrogen-bond acceptors (Lipinski definition) is 4. The molecule has 0 saturated heterocycles. The smallest absolute Gasteiger partial charge is 0.251 e. The maximum absolute atomic E-state index is 12.3. The molecule has 0 aromatic heterocycles. The third kappa shape index (κ3) is 5.12. The van der Waals surface area contributed by atoms with Crippen molar-refractivity contribution in [3.63, 3.8) is 0 Å². The normalized spacial score (nSPS) is 17.5. The fraction of sp³-hybridized carbons (Fsp3) is 0.500. The van der Waals surface area contributed by atoms with Gasteiger partial charge in [-0.1, -0.05) is 19.8 Å². The first kappa shape index (κ1) is 19.8. The van der Waals surface area contributed by atoms with Crippen LogP contribution < -0.4 is 16.4 Å². The Kier molecular flexibility index (Phi) is 7.88. The summed E-state index contributed by atoms with van der Waals surface area (Å²) in [7, 11) is 0. The van der Waals surface area contributed by atoms with Crippen LogP contribution in [0.1, 0.15) is 43.5 Å². The summed E-state index contributed by atoms with van der Waals surface area (Å²) in [4.78, 5) is 25.0. The Balaban J connectivity index is 0.00000264. The maximum atomic E-state index is 12.3. The van der Waals surface area contributed by atoms with E-state index in [1.54, 1.807) is 12.1 Å². The van der Waals surface area contributed by atoms with Gasteiger partial charge in [-0.05, 0) is 31.5 Å². The Morgan fingerprint density at radius 2 is 2.22 bits per heavy atom. The second kappa shape index (κ2) is 9.15. The number of benzene rings is 1. The molecule has 0 spiro atoms. The summed E-state index contributed by atoms with van der Waals surface area (Å²) in [5.41, 5.74) is 6.96. The van der Waals surface area contributed by atoms with E-state index in [-0.39, 0.29) is 35.5 Å². The molecule has 1 heterocycles. The van der Waals surface area contributed by atoms with Crippen LogP contribution in [0.3, 0.4) is 0 Å². The van der Waals surface area contributed by atoms with Gasteiger partial charge in [0.05, 0.1) is 10.9 Å². The molecule has 0 saturated carbocycles. The monoisotopic (exact) mass is 357 g/mol. The van der Waals surface area contributed by atoms with E-state index < -0.39 is 0 Å². The molecule has 2 atom stereocenters. The Labute approximate surface area is 147 Å². The second-order valence-corrected chi connectivity index (χ2v) is 6.89. The standard InChI is InChI=1S/C16H23N3O2S.ClH/c1-3-4-5-12(9-17)18-16(21)11-6-7-14-13(8-11)19-15(20)10(2)22-14;/h6-8,10,12H,3-5,9,17H2,1-2H3,(H,18,21)(H,19,20);1H. The van der Waals surface area contributed by atoms with E-state index in [9.17, 15) is 9.59 Å². The zero-order chi connectivity index (χ0) is 16.1. The van der Waals surface area contributed by atoms with Gasteiger partial charge in [0, 0.05) is 23.0 Å². The van der Waals surface area contributed by atoms with E-state index in [0.717, 1.165) is 24.2 Å². The number of halogens is 1. The quantitative estimate of drug-likeness (QED) is 0.730. The number of carbonyl (C=O) groups is 2. The number of unbranched alkanes of at least 4 members (excludes halogenated alkanes) is 1. The molecule has 2 unspecified atom stereocenters. The Hall–Kier alpha value is -1.24. The Morgan fingerprint density at radius 1 is 1.48 bits per heavy atom. The van der Waals surface area contributed by atoms with Crippen LogP contribution in [0.4, 0.5) is 5.69 Å². The van der Waals surface area contributed by atoms with Crippen molar-refractivity contribution in [2.24, 2.45) is 5.73 Å². The SMILES string of the molecule is CCCCC(CN)NC(=O)c1ccc2c(c1)NC(=O)C(C)S2.Cl. The number of nitrogens with two attached hydrogens (primary N) is 1. The molecule has 23 heavy (non-hydrogen) atoms. The fourth-order valence-electron chi connectivity index (χ4n) is 2.32. The fourth-order valence-corrected chi connectivity index (χ4v) is 3.25. The summed E-state index contributed by atoms with van der Waals surface area (Å²) < 4.78 is 0. The summed E-state index contributed by atoms with van der Waals surface area (Å²) in [6.45, 7) is 4.41. The zero-order valence-electron chi connectivity index (χ0n) is 13.4. The predicted molar refractivity (Wildman–Crippen MR) is 97.5 cm³/mol. The van der Waals surface area contributed by atoms with Gasteiger partial charge >= 0.3 is 0 Å². The van der Waals surface area contributed by atoms with Gasteiger partial charge in [-0.3, -0.25) is 9.59 Å². The highest BCUT2D eigenvalue weighted by Crippen LogP contribution is 2.35. The number of carbonyl (C=O) groups excluding carboxylic acids is 2. The average Bonchev–Trinajstić information content (AvgIpc) is 2.51. The zero-order valence-corrected chi connectivity index (χ0v) is 15.1. The van der Waals surface area contributed by atoms with E-state index in [4.69, 9.17) is 5.73 Å². The lowest BCUT2D eigenvalue weighted by molar-refractivity contribution is -0.115. The molecule has 1 aromatic rings. The van der Waals surface area contributed by atoms with Crippen molar-refractivity contribution in [3.8, 4) is 0 Å². The van der Waals surface area contributed by atoms with Crippen LogP contribution in [0.25, 0.3) is 0 Å². The Bertz CT molecular complexity index is 568. The third-order valence-electron chi connectivity index (χ3n) is 3.70. The summed E-state index contributed by atoms with van der Waals surface area (Å²) >= 11 is 1.51. The number of anilines is 1. The van der Waals surface area contributed by atoms with Crippen molar-refractivity contribution in [3.05, 3.63) is 23.8 Å². The maximum Gasteiger partial charge on any atom is 0.251 e. The minimum absolute atomic E-state index is 0. The summed E-state index contributed by atoms with van der Waals surface area (Å²) in [6, 6.07) is 5.40. The van der Waals surface area contributed by atoms with E-state index in [0.29, 0.717) is 17.8 Å². The number of amides is 2. The Morgan fingerprint density at radius 3 is 2.87 bits per heavy atom. The minimum Gasteiger partial charge on any atom is -0.348 e. The van der Waals surface area contributed by atoms with E-state index in [1.807, 2.05) is 13.0 Å². The molecule has 1 aliphatic heterocycles. The topological polar surface area (TPSA) is 84.2 Å². The van der Waals surface area contributed by atoms with Crippen molar-refractivity contribution >= 4 is 41.7 Å². The van der Waals surface area contributed by atoms with E-state index in [1.165, 1.54) is 11.8 Å². The summed E-state index contributed by atoms with van der Waals surface area (Å²) in [6.07, 6.45) is 3.00. The molecule has 2 rings (SSSR count). The van der Waals surface area contributed by atoms with Crippen LogP contribution >= 0.6 is 24.2 Å². The first-order valence-corrected chi connectivity index (χ1v) is 8.55. The van der Waals surface area contributed by atoms with Gasteiger partial charge in [-0.2, -0.15) is 0 Å². The number of thioether (sulfide) groups is 1. The van der Waals surface area contributed by atoms with Crippen molar-refractivity contribution in [2.45, 2.75) is 49.3 Å². The van der Waals surface area contributed by atoms with Crippen LogP contribution in [0.15, 0.2) is 23.1 Å². The lowest BCUT2D eigenvalue weighted by atomic mass is 10.1. The number of rotatable bonds is 6. The molecule has 5 nitrogen and oxygen atoms in total. The van der Waals surface area contributed by atoms with Gasteiger partial charge in [0.1, 0.15) is 0 Å². The molecule has 7 heteroatoms. The number of nitrogens with one attached hydrogen (secondary N) is 2. The highest BCUT2D eigenvalue weighted by Gasteiger charge is 2.24. The first-order valence-electron chi connectivity index (χ1n) is 7.67. The highest BCUT2D eigenvalue weighted by molar-refractivity contribution is 8.00. The molecule has 0 radical (unpaired) electrons. The summed E-state index contributed by atoms with van der Waals surface area (Å²) in [5.74, 6) is -0.176. The first-order chi connectivity index (χ1) is 10.5. The minimum atomic E-state index is -0.146. The molecular weight excluding hydrogens is 334 g/mol. The lowest BCUT2D eigenvalue weighted by Crippen LogP contribution is -2.40. The molecular formula is C16H24ClN3O2S. The van der Waals surface area contributed by atoms with Gasteiger partial charge < -0.3 is 16.4 Å². The predicted octanol–water partition coefficient (Wildman–Crippen LogP) is 2.79. The number of fused-ring (bicyclic) bond motifs is 1. The third-order valence-corrected chi connectivity index (χ3v) is 4.88. The van der Waals surface area contributed by atoms with Crippen LogP contribution in [0.5, 0.6) is 0 Å². The van der Waals surface area contributed by atoms with Crippen LogP contribution in [0.2, 0.25) is 0 Å². The highest BCUT2D eigenvalue weighted by atomic mass is 35.5. The van der Waals surface area contributed by atoms with Crippen molar-refractivity contribution in [1.29, 1.82) is 0 Å². The van der Waals surface area contributed by atoms with E-state index >= 15 is 0 Å². The average molecular weight is 358 g/mol. The van der Waals surface area contributed by atoms with Crippen molar-refractivity contribution in [1.82, 2.24) is 5.32 Å². The van der Waals surface area contributed by atoms with Gasteiger partial charge in [0.2, 0.25) is 5.91 Å². The lowest BCUT2D eigenvalue weighted by Gasteiger charge is -2.22. The molecule has 0 fully saturated rings. The van der Waals surface area contributed by atoms with Gasteiger partial charge in [-0.25, -0.2) is 0 Å². The molecule has 0 aliphatic carbocycles. The number of hydrogen-bond donors (Lipinski definition) is 3. The van der Waals surface area contributed by atoms with E-state index in [2.05, 4.69) is 17.6 Å². The largest absolute Gasteiger partial charge is 0.348 e. The molecule has 4 N–H and O–H groups in total. The van der Waals surface area contributed by atoms with Crippen LogP contribution in [-0.4, -0.2) is 29.7 Å².